The van der Waals surface area contributed by atoms with Crippen LogP contribution >= 0.6 is 0 Å². The average Bonchev–Trinajstić information content (AvgIpc) is 3.47. The van der Waals surface area contributed by atoms with Gasteiger partial charge in [0.15, 0.2) is 5.82 Å². The van der Waals surface area contributed by atoms with E-state index in [-0.39, 0.29) is 29.6 Å². The van der Waals surface area contributed by atoms with Gasteiger partial charge < -0.3 is 20.5 Å². The summed E-state index contributed by atoms with van der Waals surface area (Å²) in [5, 5.41) is 5.89. The van der Waals surface area contributed by atoms with Gasteiger partial charge in [0, 0.05) is 18.3 Å². The monoisotopic (exact) mass is 459 g/mol. The zero-order valence-corrected chi connectivity index (χ0v) is 19.6. The zero-order chi connectivity index (χ0) is 24.0. The van der Waals surface area contributed by atoms with Crippen LogP contribution in [0.1, 0.15) is 49.8 Å². The fraction of sp³-hybridized carbons (Fsp3) is 0.385. The summed E-state index contributed by atoms with van der Waals surface area (Å²) in [7, 11) is 0. The molecular formula is C26H29N5O3. The van der Waals surface area contributed by atoms with Gasteiger partial charge >= 0.3 is 0 Å². The summed E-state index contributed by atoms with van der Waals surface area (Å²) >= 11 is 0. The van der Waals surface area contributed by atoms with E-state index in [1.165, 1.54) is 0 Å². The van der Waals surface area contributed by atoms with E-state index in [2.05, 4.69) is 20.6 Å². The smallest absolute Gasteiger partial charge is 0.287 e. The minimum Gasteiger partial charge on any atom is -0.338 e. The molecule has 1 fully saturated rings. The van der Waals surface area contributed by atoms with Gasteiger partial charge in [-0.3, -0.25) is 14.4 Å². The van der Waals surface area contributed by atoms with Gasteiger partial charge in [-0.1, -0.05) is 44.2 Å². The highest BCUT2D eigenvalue weighted by atomic mass is 16.2. The number of imidazole rings is 1. The third-order valence-corrected chi connectivity index (χ3v) is 6.94. The fourth-order valence-electron chi connectivity index (χ4n) is 5.33. The van der Waals surface area contributed by atoms with Crippen LogP contribution in [0.15, 0.2) is 48.5 Å². The van der Waals surface area contributed by atoms with Crippen molar-refractivity contribution in [3.8, 4) is 0 Å². The number of rotatable bonds is 5. The average molecular weight is 460 g/mol. The molecule has 8 nitrogen and oxygen atoms in total. The van der Waals surface area contributed by atoms with Gasteiger partial charge in [0.2, 0.25) is 11.8 Å². The number of hydrogen-bond donors (Lipinski definition) is 3. The van der Waals surface area contributed by atoms with Crippen molar-refractivity contribution < 1.29 is 14.4 Å². The largest absolute Gasteiger partial charge is 0.338 e. The van der Waals surface area contributed by atoms with E-state index in [1.54, 1.807) is 4.90 Å². The number of carbonyl (C=O) groups is 3. The molecule has 2 aliphatic rings. The highest BCUT2D eigenvalue weighted by Crippen LogP contribution is 2.46. The molecule has 3 N–H and O–H groups in total. The van der Waals surface area contributed by atoms with Crippen molar-refractivity contribution in [2.75, 3.05) is 11.9 Å². The molecule has 3 amide bonds. The molecule has 2 aromatic carbocycles. The van der Waals surface area contributed by atoms with E-state index in [4.69, 9.17) is 0 Å². The molecule has 1 aromatic heterocycles. The number of nitrogens with one attached hydrogen (secondary N) is 3. The molecule has 0 aliphatic carbocycles. The van der Waals surface area contributed by atoms with Crippen molar-refractivity contribution in [3.05, 3.63) is 59.9 Å². The molecule has 0 saturated carbocycles. The molecule has 8 heteroatoms. The second-order valence-corrected chi connectivity index (χ2v) is 9.86. The van der Waals surface area contributed by atoms with E-state index in [0.717, 1.165) is 16.8 Å². The molecule has 1 saturated heterocycles. The van der Waals surface area contributed by atoms with Crippen LogP contribution in [-0.2, 0) is 15.0 Å². The lowest BCUT2D eigenvalue weighted by Gasteiger charge is -2.29. The Morgan fingerprint density at radius 1 is 1.18 bits per heavy atom. The van der Waals surface area contributed by atoms with Gasteiger partial charge in [0.25, 0.3) is 5.91 Å². The van der Waals surface area contributed by atoms with Crippen LogP contribution in [0.2, 0.25) is 0 Å². The first-order valence-electron chi connectivity index (χ1n) is 11.8. The molecule has 5 rings (SSSR count). The summed E-state index contributed by atoms with van der Waals surface area (Å²) in [4.78, 5) is 49.0. The predicted molar refractivity (Wildman–Crippen MR) is 129 cm³/mol. The Hall–Kier alpha value is -3.68. The van der Waals surface area contributed by atoms with Crippen molar-refractivity contribution in [1.82, 2.24) is 20.2 Å². The maximum atomic E-state index is 13.7. The first-order valence-corrected chi connectivity index (χ1v) is 11.8. The number of aromatic amines is 1. The first-order chi connectivity index (χ1) is 16.3. The van der Waals surface area contributed by atoms with E-state index in [1.807, 2.05) is 69.3 Å². The maximum Gasteiger partial charge on any atom is 0.287 e. The van der Waals surface area contributed by atoms with Gasteiger partial charge in [-0.2, -0.15) is 0 Å². The van der Waals surface area contributed by atoms with Crippen LogP contribution in [0, 0.1) is 5.92 Å². The summed E-state index contributed by atoms with van der Waals surface area (Å²) in [6.45, 7) is 6.30. The summed E-state index contributed by atoms with van der Waals surface area (Å²) in [5.41, 5.74) is 2.46. The van der Waals surface area contributed by atoms with Crippen molar-refractivity contribution >= 4 is 34.4 Å². The molecule has 0 bridgehead atoms. The predicted octanol–water partition coefficient (Wildman–Crippen LogP) is 3.22. The lowest BCUT2D eigenvalue weighted by molar-refractivity contribution is -0.134. The van der Waals surface area contributed by atoms with E-state index in [0.29, 0.717) is 24.9 Å². The molecule has 34 heavy (non-hydrogen) atoms. The number of likely N-dealkylation sites (tertiary alicyclic amines) is 1. The number of anilines is 1. The number of H-pyrrole nitrogens is 1. The van der Waals surface area contributed by atoms with Crippen molar-refractivity contribution in [2.45, 2.75) is 51.1 Å². The van der Waals surface area contributed by atoms with Crippen LogP contribution in [-0.4, -0.2) is 51.2 Å². The second kappa shape index (κ2) is 8.27. The molecule has 3 heterocycles. The number of para-hydroxylation sites is 3. The minimum atomic E-state index is -0.753. The Kier molecular flexibility index (Phi) is 5.38. The topological polar surface area (TPSA) is 107 Å². The van der Waals surface area contributed by atoms with Crippen molar-refractivity contribution in [3.63, 3.8) is 0 Å². The number of hydrogen-bond acceptors (Lipinski definition) is 4. The quantitative estimate of drug-likeness (QED) is 0.545. The summed E-state index contributed by atoms with van der Waals surface area (Å²) in [5.74, 6) is -0.284. The molecule has 0 radical (unpaired) electrons. The van der Waals surface area contributed by atoms with Crippen LogP contribution in [0.4, 0.5) is 5.69 Å². The molecular weight excluding hydrogens is 430 g/mol. The van der Waals surface area contributed by atoms with E-state index in [9.17, 15) is 14.4 Å². The Balaban J connectivity index is 1.39. The highest BCUT2D eigenvalue weighted by molar-refractivity contribution is 6.07. The Morgan fingerprint density at radius 2 is 1.91 bits per heavy atom. The summed E-state index contributed by atoms with van der Waals surface area (Å²) in [6.07, 6.45) is 1.04. The Morgan fingerprint density at radius 3 is 2.68 bits per heavy atom. The molecule has 2 aliphatic heterocycles. The molecule has 176 valence electrons. The number of fused-ring (bicyclic) bond motifs is 3. The number of nitrogens with zero attached hydrogens (tertiary/aromatic N) is 2. The number of amides is 3. The highest BCUT2D eigenvalue weighted by Gasteiger charge is 2.55. The third kappa shape index (κ3) is 3.63. The second-order valence-electron chi connectivity index (χ2n) is 9.86. The van der Waals surface area contributed by atoms with Crippen LogP contribution in [0.3, 0.4) is 0 Å². The standard InChI is InChI=1S/C26H29N5O3/c1-15(2)12-21(29-23(32)22-27-19-10-6-7-11-20(19)28-22)24(33)31-14-26(13-16(31)3)17-8-4-5-9-18(17)30-25(26)34/h4-11,15-16,21H,12-14H2,1-3H3,(H,27,28)(H,29,32)(H,30,34)/t16-,21+,26+/m1/s1. The number of benzene rings is 2. The number of carbonyl (C=O) groups excluding carboxylic acids is 3. The molecule has 1 spiro atoms. The SMILES string of the molecule is CC(C)C[C@H](NC(=O)c1nc2ccccc2[nH]1)C(=O)N1C[C@]2(C[C@H]1C)C(=O)Nc1ccccc12. The maximum absolute atomic E-state index is 13.7. The van der Waals surface area contributed by atoms with Gasteiger partial charge in [-0.05, 0) is 49.4 Å². The first kappa shape index (κ1) is 22.1. The molecule has 3 aromatic rings. The minimum absolute atomic E-state index is 0.0671. The van der Waals surface area contributed by atoms with Gasteiger partial charge in [-0.25, -0.2) is 4.98 Å². The summed E-state index contributed by atoms with van der Waals surface area (Å²) < 4.78 is 0. The summed E-state index contributed by atoms with van der Waals surface area (Å²) in [6, 6.07) is 14.2. The third-order valence-electron chi connectivity index (χ3n) is 6.94. The number of aromatic nitrogens is 2. The van der Waals surface area contributed by atoms with Crippen molar-refractivity contribution in [1.29, 1.82) is 0 Å². The van der Waals surface area contributed by atoms with Crippen LogP contribution < -0.4 is 10.6 Å². The Labute approximate surface area is 198 Å². The Bertz CT molecular complexity index is 1250. The lowest BCUT2D eigenvalue weighted by Crippen LogP contribution is -2.51. The van der Waals surface area contributed by atoms with Gasteiger partial charge in [0.1, 0.15) is 6.04 Å². The van der Waals surface area contributed by atoms with Crippen molar-refractivity contribution in [2.24, 2.45) is 5.92 Å². The van der Waals surface area contributed by atoms with Crippen LogP contribution in [0.25, 0.3) is 11.0 Å². The fourth-order valence-corrected chi connectivity index (χ4v) is 5.33. The molecule has 3 atom stereocenters. The normalized spacial score (nSPS) is 22.3. The van der Waals surface area contributed by atoms with Gasteiger partial charge in [0.05, 0.1) is 16.4 Å². The van der Waals surface area contributed by atoms with Crippen LogP contribution in [0.5, 0.6) is 0 Å². The van der Waals surface area contributed by atoms with E-state index < -0.39 is 17.4 Å². The lowest BCUT2D eigenvalue weighted by atomic mass is 9.80. The van der Waals surface area contributed by atoms with E-state index >= 15 is 0 Å². The zero-order valence-electron chi connectivity index (χ0n) is 19.6. The molecule has 0 unspecified atom stereocenters. The van der Waals surface area contributed by atoms with Gasteiger partial charge in [-0.15, -0.1) is 0 Å².